The van der Waals surface area contributed by atoms with Gasteiger partial charge in [-0.1, -0.05) is 12.1 Å². The van der Waals surface area contributed by atoms with Crippen LogP contribution in [0.2, 0.25) is 0 Å². The lowest BCUT2D eigenvalue weighted by Crippen LogP contribution is -2.27. The maximum atomic E-state index is 11.9. The summed E-state index contributed by atoms with van der Waals surface area (Å²) in [6.07, 6.45) is 2.65. The van der Waals surface area contributed by atoms with Crippen LogP contribution < -0.4 is 10.6 Å². The van der Waals surface area contributed by atoms with Gasteiger partial charge in [0.25, 0.3) is 0 Å². The molecule has 0 bridgehead atoms. The van der Waals surface area contributed by atoms with E-state index in [4.69, 9.17) is 5.26 Å². The molecule has 4 heteroatoms. The third-order valence-corrected chi connectivity index (χ3v) is 3.25. The molecule has 2 rings (SSSR count). The van der Waals surface area contributed by atoms with Crippen molar-refractivity contribution >= 4 is 11.6 Å². The first-order valence-corrected chi connectivity index (χ1v) is 6.23. The van der Waals surface area contributed by atoms with E-state index in [0.29, 0.717) is 17.7 Å². The summed E-state index contributed by atoms with van der Waals surface area (Å²) in [6.45, 7) is 2.86. The number of nitrogens with one attached hydrogen (secondary N) is 2. The number of anilines is 1. The third kappa shape index (κ3) is 2.88. The normalized spacial score (nSPS) is 18.3. The number of nitriles is 1. The van der Waals surface area contributed by atoms with Crippen molar-refractivity contribution in [2.75, 3.05) is 11.9 Å². The smallest absolute Gasteiger partial charge is 0.225 e. The van der Waals surface area contributed by atoms with Gasteiger partial charge in [0.2, 0.25) is 5.91 Å². The summed E-state index contributed by atoms with van der Waals surface area (Å²) in [5.74, 6) is -0.0310. The van der Waals surface area contributed by atoms with E-state index in [9.17, 15) is 4.79 Å². The monoisotopic (exact) mass is 243 g/mol. The van der Waals surface area contributed by atoms with E-state index in [2.05, 4.69) is 16.7 Å². The first-order chi connectivity index (χ1) is 8.70. The van der Waals surface area contributed by atoms with Crippen LogP contribution in [0.25, 0.3) is 0 Å². The molecule has 1 fully saturated rings. The van der Waals surface area contributed by atoms with E-state index < -0.39 is 0 Å². The summed E-state index contributed by atoms with van der Waals surface area (Å²) in [4.78, 5) is 11.9. The molecule has 1 unspecified atom stereocenters. The highest BCUT2D eigenvalue weighted by molar-refractivity contribution is 5.92. The highest BCUT2D eigenvalue weighted by Crippen LogP contribution is 2.19. The molecule has 18 heavy (non-hydrogen) atoms. The molecule has 0 aliphatic carbocycles. The first kappa shape index (κ1) is 12.6. The van der Waals surface area contributed by atoms with Crippen LogP contribution in [-0.4, -0.2) is 18.5 Å². The maximum Gasteiger partial charge on any atom is 0.225 e. The molecule has 1 aliphatic heterocycles. The van der Waals surface area contributed by atoms with E-state index in [1.54, 1.807) is 6.07 Å². The zero-order chi connectivity index (χ0) is 13.0. The van der Waals surface area contributed by atoms with Crippen LogP contribution in [0, 0.1) is 18.3 Å². The van der Waals surface area contributed by atoms with Crippen molar-refractivity contribution < 1.29 is 4.79 Å². The van der Waals surface area contributed by atoms with Gasteiger partial charge in [-0.2, -0.15) is 5.26 Å². The van der Waals surface area contributed by atoms with Crippen molar-refractivity contribution in [2.45, 2.75) is 32.2 Å². The van der Waals surface area contributed by atoms with Crippen LogP contribution in [0.4, 0.5) is 5.69 Å². The molecule has 0 radical (unpaired) electrons. The standard InChI is InChI=1S/C14H17N3O/c1-10-4-2-6-13(12(10)9-15)17-14(18)8-11-5-3-7-16-11/h2,4,6,11,16H,3,5,7-8H2,1H3,(H,17,18). The van der Waals surface area contributed by atoms with Crippen LogP contribution in [0.3, 0.4) is 0 Å². The fourth-order valence-corrected chi connectivity index (χ4v) is 2.28. The number of rotatable bonds is 3. The summed E-state index contributed by atoms with van der Waals surface area (Å²) in [5, 5.41) is 15.2. The molecule has 1 aromatic carbocycles. The Morgan fingerprint density at radius 3 is 3.11 bits per heavy atom. The Morgan fingerprint density at radius 2 is 2.44 bits per heavy atom. The van der Waals surface area contributed by atoms with Gasteiger partial charge in [0.1, 0.15) is 6.07 Å². The fourth-order valence-electron chi connectivity index (χ4n) is 2.28. The van der Waals surface area contributed by atoms with Gasteiger partial charge >= 0.3 is 0 Å². The minimum absolute atomic E-state index is 0.0310. The number of carbonyl (C=O) groups excluding carboxylic acids is 1. The summed E-state index contributed by atoms with van der Waals surface area (Å²) < 4.78 is 0. The minimum Gasteiger partial charge on any atom is -0.325 e. The topological polar surface area (TPSA) is 64.9 Å². The first-order valence-electron chi connectivity index (χ1n) is 6.23. The molecule has 1 saturated heterocycles. The van der Waals surface area contributed by atoms with E-state index in [1.165, 1.54) is 0 Å². The number of aryl methyl sites for hydroxylation is 1. The van der Waals surface area contributed by atoms with Gasteiger partial charge in [-0.05, 0) is 37.9 Å². The zero-order valence-electron chi connectivity index (χ0n) is 10.5. The quantitative estimate of drug-likeness (QED) is 0.852. The second-order valence-corrected chi connectivity index (χ2v) is 4.65. The largest absolute Gasteiger partial charge is 0.325 e. The Kier molecular flexibility index (Phi) is 3.96. The lowest BCUT2D eigenvalue weighted by molar-refractivity contribution is -0.116. The zero-order valence-corrected chi connectivity index (χ0v) is 10.5. The number of hydrogen-bond donors (Lipinski definition) is 2. The molecule has 1 aliphatic rings. The molecule has 0 saturated carbocycles. The summed E-state index contributed by atoms with van der Waals surface area (Å²) >= 11 is 0. The molecule has 2 N–H and O–H groups in total. The van der Waals surface area contributed by atoms with Crippen LogP contribution >= 0.6 is 0 Å². The minimum atomic E-state index is -0.0310. The highest BCUT2D eigenvalue weighted by Gasteiger charge is 2.18. The van der Waals surface area contributed by atoms with Crippen molar-refractivity contribution in [1.29, 1.82) is 5.26 Å². The molecule has 4 nitrogen and oxygen atoms in total. The Hall–Kier alpha value is -1.86. The molecule has 1 heterocycles. The summed E-state index contributed by atoms with van der Waals surface area (Å²) in [6, 6.07) is 7.89. The van der Waals surface area contributed by atoms with Gasteiger partial charge in [-0.3, -0.25) is 4.79 Å². The van der Waals surface area contributed by atoms with Crippen molar-refractivity contribution in [1.82, 2.24) is 5.32 Å². The number of amides is 1. The Bertz CT molecular complexity index is 484. The van der Waals surface area contributed by atoms with Crippen LogP contribution in [0.1, 0.15) is 30.4 Å². The molecular weight excluding hydrogens is 226 g/mol. The second-order valence-electron chi connectivity index (χ2n) is 4.65. The Morgan fingerprint density at radius 1 is 1.61 bits per heavy atom. The summed E-state index contributed by atoms with van der Waals surface area (Å²) in [7, 11) is 0. The van der Waals surface area contributed by atoms with Crippen molar-refractivity contribution in [2.24, 2.45) is 0 Å². The van der Waals surface area contributed by atoms with Gasteiger partial charge in [-0.15, -0.1) is 0 Å². The third-order valence-electron chi connectivity index (χ3n) is 3.25. The van der Waals surface area contributed by atoms with E-state index >= 15 is 0 Å². The molecule has 94 valence electrons. The van der Waals surface area contributed by atoms with E-state index in [0.717, 1.165) is 24.9 Å². The van der Waals surface area contributed by atoms with Crippen LogP contribution in [0.5, 0.6) is 0 Å². The lowest BCUT2D eigenvalue weighted by atomic mass is 10.1. The Labute approximate surface area is 107 Å². The lowest BCUT2D eigenvalue weighted by Gasteiger charge is -2.12. The maximum absolute atomic E-state index is 11.9. The highest BCUT2D eigenvalue weighted by atomic mass is 16.1. The van der Waals surface area contributed by atoms with Crippen LogP contribution in [0.15, 0.2) is 18.2 Å². The molecule has 1 aromatic rings. The molecular formula is C14H17N3O. The number of carbonyl (C=O) groups is 1. The second kappa shape index (κ2) is 5.65. The molecule has 0 aromatic heterocycles. The predicted octanol–water partition coefficient (Wildman–Crippen LogP) is 1.95. The Balaban J connectivity index is 2.02. The van der Waals surface area contributed by atoms with Crippen LogP contribution in [-0.2, 0) is 4.79 Å². The van der Waals surface area contributed by atoms with Crippen molar-refractivity contribution in [3.8, 4) is 6.07 Å². The molecule has 1 atom stereocenters. The van der Waals surface area contributed by atoms with Gasteiger partial charge in [0.15, 0.2) is 0 Å². The molecule has 1 amide bonds. The number of benzene rings is 1. The van der Waals surface area contributed by atoms with E-state index in [1.807, 2.05) is 19.1 Å². The fraction of sp³-hybridized carbons (Fsp3) is 0.429. The number of hydrogen-bond acceptors (Lipinski definition) is 3. The van der Waals surface area contributed by atoms with Crippen molar-refractivity contribution in [3.63, 3.8) is 0 Å². The average Bonchev–Trinajstić information content (AvgIpc) is 2.82. The van der Waals surface area contributed by atoms with Gasteiger partial charge in [0, 0.05) is 12.5 Å². The SMILES string of the molecule is Cc1cccc(NC(=O)CC2CCCN2)c1C#N. The summed E-state index contributed by atoms with van der Waals surface area (Å²) in [5.41, 5.74) is 2.04. The van der Waals surface area contributed by atoms with Gasteiger partial charge in [-0.25, -0.2) is 0 Å². The van der Waals surface area contributed by atoms with E-state index in [-0.39, 0.29) is 11.9 Å². The van der Waals surface area contributed by atoms with Crippen molar-refractivity contribution in [3.05, 3.63) is 29.3 Å². The predicted molar refractivity (Wildman–Crippen MR) is 70.2 cm³/mol. The van der Waals surface area contributed by atoms with Gasteiger partial charge < -0.3 is 10.6 Å². The van der Waals surface area contributed by atoms with Gasteiger partial charge in [0.05, 0.1) is 11.3 Å². The molecule has 0 spiro atoms. The average molecular weight is 243 g/mol. The number of nitrogens with zero attached hydrogens (tertiary/aromatic N) is 1.